The van der Waals surface area contributed by atoms with E-state index in [-0.39, 0.29) is 0 Å². The van der Waals surface area contributed by atoms with Crippen molar-refractivity contribution in [3.8, 4) is 0 Å². The van der Waals surface area contributed by atoms with Crippen molar-refractivity contribution in [2.45, 2.75) is 0 Å². The van der Waals surface area contributed by atoms with Gasteiger partial charge in [-0.2, -0.15) is 8.42 Å². The van der Waals surface area contributed by atoms with Crippen LogP contribution in [-0.2, 0) is 14.3 Å². The highest BCUT2D eigenvalue weighted by molar-refractivity contribution is 7.86. The third-order valence-corrected chi connectivity index (χ3v) is 0.888. The van der Waals surface area contributed by atoms with Crippen molar-refractivity contribution in [3.63, 3.8) is 0 Å². The van der Waals surface area contributed by atoms with E-state index in [0.29, 0.717) is 6.26 Å². The fraction of sp³-hybridized carbons (Fsp3) is 0.333. The number of hydrogen-bond donors (Lipinski definition) is 2. The molecule has 0 bridgehead atoms. The Morgan fingerprint density at radius 1 is 1.45 bits per heavy atom. The SMILES string of the molecule is CS(=O)(=O)OC(=O)N=C(N)N. The molecule has 1 amide bonds. The van der Waals surface area contributed by atoms with Crippen molar-refractivity contribution in [2.24, 2.45) is 16.5 Å². The van der Waals surface area contributed by atoms with Gasteiger partial charge in [-0.05, 0) is 0 Å². The largest absolute Gasteiger partial charge is 0.452 e. The van der Waals surface area contributed by atoms with Gasteiger partial charge in [0.15, 0.2) is 5.96 Å². The molecule has 0 aromatic rings. The second kappa shape index (κ2) is 3.19. The molecular weight excluding hydrogens is 174 g/mol. The van der Waals surface area contributed by atoms with Crippen LogP contribution in [0.4, 0.5) is 4.79 Å². The maximum absolute atomic E-state index is 10.3. The van der Waals surface area contributed by atoms with Crippen LogP contribution in [0.1, 0.15) is 0 Å². The van der Waals surface area contributed by atoms with Gasteiger partial charge in [0.05, 0.1) is 6.26 Å². The topological polar surface area (TPSA) is 125 Å². The summed E-state index contributed by atoms with van der Waals surface area (Å²) in [4.78, 5) is 13.1. The number of hydrogen-bond acceptors (Lipinski definition) is 4. The number of aliphatic imine (C=N–C) groups is 1. The van der Waals surface area contributed by atoms with E-state index in [1.165, 1.54) is 0 Å². The Morgan fingerprint density at radius 2 is 1.91 bits per heavy atom. The van der Waals surface area contributed by atoms with Crippen molar-refractivity contribution in [2.75, 3.05) is 6.26 Å². The molecule has 0 aromatic heterocycles. The zero-order chi connectivity index (χ0) is 9.07. The maximum Gasteiger partial charge on any atom is 0.452 e. The summed E-state index contributed by atoms with van der Waals surface area (Å²) in [5, 5.41) is 0. The van der Waals surface area contributed by atoms with Gasteiger partial charge in [-0.25, -0.2) is 4.79 Å². The average Bonchev–Trinajstić information content (AvgIpc) is 1.53. The fourth-order valence-corrected chi connectivity index (χ4v) is 0.550. The summed E-state index contributed by atoms with van der Waals surface area (Å²) in [6.45, 7) is 0. The predicted molar refractivity (Wildman–Crippen MR) is 37.1 cm³/mol. The molecule has 64 valence electrons. The van der Waals surface area contributed by atoms with Gasteiger partial charge in [0, 0.05) is 0 Å². The molecule has 0 aromatic carbocycles. The maximum atomic E-state index is 10.3. The highest BCUT2D eigenvalue weighted by Crippen LogP contribution is 1.90. The van der Waals surface area contributed by atoms with E-state index in [9.17, 15) is 13.2 Å². The Labute approximate surface area is 63.2 Å². The molecule has 0 aliphatic carbocycles. The van der Waals surface area contributed by atoms with E-state index in [1.807, 2.05) is 0 Å². The van der Waals surface area contributed by atoms with Gasteiger partial charge < -0.3 is 15.7 Å². The molecule has 0 aliphatic heterocycles. The van der Waals surface area contributed by atoms with E-state index < -0.39 is 22.2 Å². The number of carbonyl (C=O) groups excluding carboxylic acids is 1. The Kier molecular flexibility index (Phi) is 2.81. The Morgan fingerprint density at radius 3 is 2.18 bits per heavy atom. The molecule has 0 spiro atoms. The van der Waals surface area contributed by atoms with Crippen molar-refractivity contribution >= 4 is 22.2 Å². The zero-order valence-electron chi connectivity index (χ0n) is 5.64. The minimum Gasteiger partial charge on any atom is -0.370 e. The molecule has 0 fully saturated rings. The normalized spacial score (nSPS) is 10.3. The third kappa shape index (κ3) is 6.58. The molecule has 0 saturated carbocycles. The Hall–Kier alpha value is -1.31. The summed E-state index contributed by atoms with van der Waals surface area (Å²) in [5.41, 5.74) is 9.49. The van der Waals surface area contributed by atoms with Gasteiger partial charge in [-0.15, -0.1) is 4.99 Å². The summed E-state index contributed by atoms with van der Waals surface area (Å²) in [6, 6.07) is 0. The molecular formula is C3H7N3O4S. The molecule has 0 aliphatic rings. The Bertz CT molecular complexity index is 275. The molecule has 0 atom stereocenters. The summed E-state index contributed by atoms with van der Waals surface area (Å²) >= 11 is 0. The fourth-order valence-electron chi connectivity index (χ4n) is 0.254. The zero-order valence-corrected chi connectivity index (χ0v) is 6.46. The van der Waals surface area contributed by atoms with Gasteiger partial charge in [0.1, 0.15) is 0 Å². The van der Waals surface area contributed by atoms with Crippen LogP contribution in [0, 0.1) is 0 Å². The number of nitrogens with zero attached hydrogens (tertiary/aromatic N) is 1. The first-order valence-corrected chi connectivity index (χ1v) is 4.16. The molecule has 0 radical (unpaired) electrons. The summed E-state index contributed by atoms with van der Waals surface area (Å²) in [6.07, 6.45) is -0.653. The molecule has 0 rings (SSSR count). The monoisotopic (exact) mass is 181 g/mol. The van der Waals surface area contributed by atoms with Crippen LogP contribution in [0.3, 0.4) is 0 Å². The van der Waals surface area contributed by atoms with E-state index in [1.54, 1.807) is 0 Å². The summed E-state index contributed by atoms with van der Waals surface area (Å²) in [7, 11) is -3.84. The highest BCUT2D eigenvalue weighted by atomic mass is 32.2. The minimum atomic E-state index is -3.84. The molecule has 0 saturated heterocycles. The lowest BCUT2D eigenvalue weighted by atomic mass is 11.0. The van der Waals surface area contributed by atoms with Crippen LogP contribution in [0.25, 0.3) is 0 Å². The van der Waals surface area contributed by atoms with Crippen LogP contribution < -0.4 is 11.5 Å². The predicted octanol–water partition coefficient (Wildman–Crippen LogP) is -1.64. The van der Waals surface area contributed by atoms with Crippen LogP contribution in [0.5, 0.6) is 0 Å². The van der Waals surface area contributed by atoms with Gasteiger partial charge in [0.25, 0.3) is 0 Å². The molecule has 0 heterocycles. The standard InChI is InChI=1S/C3H7N3O4S/c1-11(8,9)10-3(7)6-2(4)5/h1H3,(H4,4,5,6,7). The average molecular weight is 181 g/mol. The molecule has 11 heavy (non-hydrogen) atoms. The first-order chi connectivity index (χ1) is 4.81. The van der Waals surface area contributed by atoms with E-state index in [4.69, 9.17) is 11.5 Å². The van der Waals surface area contributed by atoms with Gasteiger partial charge >= 0.3 is 16.2 Å². The van der Waals surface area contributed by atoms with E-state index >= 15 is 0 Å². The number of nitrogens with two attached hydrogens (primary N) is 2. The smallest absolute Gasteiger partial charge is 0.370 e. The van der Waals surface area contributed by atoms with Crippen LogP contribution in [0.15, 0.2) is 4.99 Å². The lowest BCUT2D eigenvalue weighted by Crippen LogP contribution is -2.24. The van der Waals surface area contributed by atoms with Crippen molar-refractivity contribution < 1.29 is 17.4 Å². The third-order valence-electron chi connectivity index (χ3n) is 0.443. The van der Waals surface area contributed by atoms with Crippen LogP contribution >= 0.6 is 0 Å². The highest BCUT2D eigenvalue weighted by Gasteiger charge is 2.08. The van der Waals surface area contributed by atoms with Crippen LogP contribution in [-0.4, -0.2) is 26.7 Å². The first kappa shape index (κ1) is 9.69. The van der Waals surface area contributed by atoms with Gasteiger partial charge in [-0.3, -0.25) is 0 Å². The first-order valence-electron chi connectivity index (χ1n) is 2.34. The second-order valence-electron chi connectivity index (χ2n) is 1.59. The van der Waals surface area contributed by atoms with Crippen molar-refractivity contribution in [1.82, 2.24) is 0 Å². The summed E-state index contributed by atoms with van der Waals surface area (Å²) < 4.78 is 24.2. The quantitative estimate of drug-likeness (QED) is 0.284. The van der Waals surface area contributed by atoms with Crippen molar-refractivity contribution in [1.29, 1.82) is 0 Å². The minimum absolute atomic E-state index is 0.557. The van der Waals surface area contributed by atoms with E-state index in [2.05, 4.69) is 9.18 Å². The number of amides is 1. The lowest BCUT2D eigenvalue weighted by molar-refractivity contribution is 0.213. The Balaban J connectivity index is 4.23. The number of guanidine groups is 1. The van der Waals surface area contributed by atoms with Gasteiger partial charge in [0.2, 0.25) is 0 Å². The van der Waals surface area contributed by atoms with E-state index in [0.717, 1.165) is 0 Å². The number of carbonyl (C=O) groups is 1. The molecule has 4 N–H and O–H groups in total. The molecule has 8 heteroatoms. The molecule has 0 unspecified atom stereocenters. The van der Waals surface area contributed by atoms with Gasteiger partial charge in [-0.1, -0.05) is 0 Å². The molecule has 7 nitrogen and oxygen atoms in total. The second-order valence-corrected chi connectivity index (χ2v) is 3.16. The van der Waals surface area contributed by atoms with Crippen molar-refractivity contribution in [3.05, 3.63) is 0 Å². The lowest BCUT2D eigenvalue weighted by Gasteiger charge is -1.94. The summed E-state index contributed by atoms with van der Waals surface area (Å²) in [5.74, 6) is -0.557. The van der Waals surface area contributed by atoms with Crippen LogP contribution in [0.2, 0.25) is 0 Å². The number of rotatable bonds is 1.